The van der Waals surface area contributed by atoms with Crippen molar-refractivity contribution in [3.8, 4) is 0 Å². The number of carbonyl (C=O) groups is 1. The van der Waals surface area contributed by atoms with Gasteiger partial charge in [-0.25, -0.2) is 9.97 Å². The second-order valence-corrected chi connectivity index (χ2v) is 5.71. The van der Waals surface area contributed by atoms with Crippen LogP contribution in [0, 0.1) is 0 Å². The van der Waals surface area contributed by atoms with Crippen molar-refractivity contribution in [2.75, 3.05) is 23.8 Å². The standard InChI is InChI=1S/C16H17ClN4O2/c17-11-3-1-4-12(7-11)21-16(22)14-8-15(20-10-19-14)18-9-13-5-2-6-23-13/h1,3-4,7-8,10,13H,2,5-6,9H2,(H,21,22)(H,18,19,20). The number of aromatic nitrogens is 2. The van der Waals surface area contributed by atoms with Crippen LogP contribution in [0.15, 0.2) is 36.7 Å². The topological polar surface area (TPSA) is 76.1 Å². The predicted molar refractivity (Wildman–Crippen MR) is 88.9 cm³/mol. The van der Waals surface area contributed by atoms with E-state index < -0.39 is 0 Å². The molecule has 0 saturated carbocycles. The van der Waals surface area contributed by atoms with Crippen molar-refractivity contribution in [2.45, 2.75) is 18.9 Å². The van der Waals surface area contributed by atoms with E-state index in [1.54, 1.807) is 30.3 Å². The fourth-order valence-corrected chi connectivity index (χ4v) is 2.55. The van der Waals surface area contributed by atoms with Gasteiger partial charge in [-0.2, -0.15) is 0 Å². The van der Waals surface area contributed by atoms with Crippen LogP contribution in [0.1, 0.15) is 23.3 Å². The molecule has 1 aliphatic rings. The largest absolute Gasteiger partial charge is 0.376 e. The van der Waals surface area contributed by atoms with Gasteiger partial charge in [0.15, 0.2) is 0 Å². The number of halogens is 1. The first-order valence-electron chi connectivity index (χ1n) is 7.45. The molecular formula is C16H17ClN4O2. The summed E-state index contributed by atoms with van der Waals surface area (Å²) in [5, 5.41) is 6.49. The Morgan fingerprint density at radius 3 is 3.04 bits per heavy atom. The van der Waals surface area contributed by atoms with Crippen molar-refractivity contribution in [2.24, 2.45) is 0 Å². The molecule has 1 amide bonds. The number of carbonyl (C=O) groups excluding carboxylic acids is 1. The quantitative estimate of drug-likeness (QED) is 0.880. The Hall–Kier alpha value is -2.18. The Bertz CT molecular complexity index is 689. The molecule has 120 valence electrons. The fraction of sp³-hybridized carbons (Fsp3) is 0.312. The molecule has 0 spiro atoms. The predicted octanol–water partition coefficient (Wildman–Crippen LogP) is 2.97. The van der Waals surface area contributed by atoms with Crippen molar-refractivity contribution in [1.29, 1.82) is 0 Å². The molecule has 2 N–H and O–H groups in total. The second-order valence-electron chi connectivity index (χ2n) is 5.27. The lowest BCUT2D eigenvalue weighted by molar-refractivity contribution is 0.102. The molecule has 7 heteroatoms. The monoisotopic (exact) mass is 332 g/mol. The summed E-state index contributed by atoms with van der Waals surface area (Å²) in [7, 11) is 0. The minimum Gasteiger partial charge on any atom is -0.376 e. The summed E-state index contributed by atoms with van der Waals surface area (Å²) in [5.41, 5.74) is 0.907. The zero-order chi connectivity index (χ0) is 16.1. The maximum Gasteiger partial charge on any atom is 0.274 e. The Kier molecular flexibility index (Phi) is 5.05. The van der Waals surface area contributed by atoms with Gasteiger partial charge < -0.3 is 15.4 Å². The molecule has 0 aliphatic carbocycles. The lowest BCUT2D eigenvalue weighted by Gasteiger charge is -2.11. The summed E-state index contributed by atoms with van der Waals surface area (Å²) >= 11 is 5.90. The summed E-state index contributed by atoms with van der Waals surface area (Å²) in [6, 6.07) is 8.58. The Labute approximate surface area is 139 Å². The van der Waals surface area contributed by atoms with E-state index >= 15 is 0 Å². The maximum atomic E-state index is 12.2. The molecule has 3 rings (SSSR count). The molecule has 1 aromatic carbocycles. The summed E-state index contributed by atoms with van der Waals surface area (Å²) in [6.07, 6.45) is 3.70. The fourth-order valence-electron chi connectivity index (χ4n) is 2.36. The minimum atomic E-state index is -0.310. The zero-order valence-electron chi connectivity index (χ0n) is 12.5. The van der Waals surface area contributed by atoms with Gasteiger partial charge in [0.05, 0.1) is 6.10 Å². The first-order chi connectivity index (χ1) is 11.2. The molecule has 23 heavy (non-hydrogen) atoms. The number of hydrogen-bond acceptors (Lipinski definition) is 5. The number of rotatable bonds is 5. The van der Waals surface area contributed by atoms with Gasteiger partial charge in [-0.3, -0.25) is 4.79 Å². The van der Waals surface area contributed by atoms with E-state index in [0.29, 0.717) is 23.1 Å². The van der Waals surface area contributed by atoms with E-state index in [-0.39, 0.29) is 17.7 Å². The Morgan fingerprint density at radius 1 is 1.35 bits per heavy atom. The molecule has 1 saturated heterocycles. The van der Waals surface area contributed by atoms with E-state index in [9.17, 15) is 4.79 Å². The van der Waals surface area contributed by atoms with Crippen molar-refractivity contribution in [3.63, 3.8) is 0 Å². The lowest BCUT2D eigenvalue weighted by Crippen LogP contribution is -2.20. The highest BCUT2D eigenvalue weighted by Gasteiger charge is 2.15. The summed E-state index contributed by atoms with van der Waals surface area (Å²) in [5.74, 6) is 0.293. The number of nitrogens with zero attached hydrogens (tertiary/aromatic N) is 2. The Morgan fingerprint density at radius 2 is 2.26 bits per heavy atom. The summed E-state index contributed by atoms with van der Waals surface area (Å²) in [6.45, 7) is 1.48. The van der Waals surface area contributed by atoms with Crippen LogP contribution in [0.25, 0.3) is 0 Å². The maximum absolute atomic E-state index is 12.2. The van der Waals surface area contributed by atoms with Gasteiger partial charge in [-0.1, -0.05) is 17.7 Å². The van der Waals surface area contributed by atoms with Crippen LogP contribution in [0.5, 0.6) is 0 Å². The van der Waals surface area contributed by atoms with Crippen molar-refractivity contribution >= 4 is 29.0 Å². The number of amides is 1. The molecule has 0 radical (unpaired) electrons. The van der Waals surface area contributed by atoms with Crippen LogP contribution in [0.2, 0.25) is 5.02 Å². The molecule has 0 bridgehead atoms. The summed E-state index contributed by atoms with van der Waals surface area (Å²) < 4.78 is 5.54. The van der Waals surface area contributed by atoms with E-state index in [1.807, 2.05) is 0 Å². The molecule has 1 fully saturated rings. The number of ether oxygens (including phenoxy) is 1. The van der Waals surface area contributed by atoms with Crippen LogP contribution in [-0.4, -0.2) is 35.1 Å². The van der Waals surface area contributed by atoms with Crippen LogP contribution in [0.4, 0.5) is 11.5 Å². The number of benzene rings is 1. The molecule has 1 aromatic heterocycles. The van der Waals surface area contributed by atoms with E-state index in [2.05, 4.69) is 20.6 Å². The van der Waals surface area contributed by atoms with Gasteiger partial charge in [0.2, 0.25) is 0 Å². The molecular weight excluding hydrogens is 316 g/mol. The average Bonchev–Trinajstić information content (AvgIpc) is 3.07. The van der Waals surface area contributed by atoms with E-state index in [0.717, 1.165) is 19.4 Å². The second kappa shape index (κ2) is 7.39. The minimum absolute atomic E-state index is 0.203. The number of nitrogens with one attached hydrogen (secondary N) is 2. The first kappa shape index (κ1) is 15.7. The van der Waals surface area contributed by atoms with Crippen LogP contribution in [-0.2, 0) is 4.74 Å². The van der Waals surface area contributed by atoms with Gasteiger partial charge in [0, 0.05) is 29.9 Å². The normalized spacial score (nSPS) is 17.0. The third-order valence-corrected chi connectivity index (χ3v) is 3.75. The molecule has 1 aliphatic heterocycles. The van der Waals surface area contributed by atoms with Crippen LogP contribution in [0.3, 0.4) is 0 Å². The van der Waals surface area contributed by atoms with Crippen molar-refractivity contribution < 1.29 is 9.53 Å². The third-order valence-electron chi connectivity index (χ3n) is 3.52. The number of anilines is 2. The SMILES string of the molecule is O=C(Nc1cccc(Cl)c1)c1cc(NCC2CCCO2)ncn1. The molecule has 6 nitrogen and oxygen atoms in total. The molecule has 1 unspecified atom stereocenters. The van der Waals surface area contributed by atoms with Gasteiger partial charge >= 0.3 is 0 Å². The highest BCUT2D eigenvalue weighted by molar-refractivity contribution is 6.30. The molecule has 2 heterocycles. The first-order valence-corrected chi connectivity index (χ1v) is 7.83. The smallest absolute Gasteiger partial charge is 0.274 e. The van der Waals surface area contributed by atoms with Gasteiger partial charge in [-0.05, 0) is 31.0 Å². The highest BCUT2D eigenvalue weighted by Crippen LogP contribution is 2.16. The van der Waals surface area contributed by atoms with Crippen molar-refractivity contribution in [1.82, 2.24) is 9.97 Å². The van der Waals surface area contributed by atoms with E-state index in [1.165, 1.54) is 6.33 Å². The summed E-state index contributed by atoms with van der Waals surface area (Å²) in [4.78, 5) is 20.4. The molecule has 1 atom stereocenters. The van der Waals surface area contributed by atoms with Crippen LogP contribution >= 0.6 is 11.6 Å². The molecule has 2 aromatic rings. The number of hydrogen-bond donors (Lipinski definition) is 2. The third kappa shape index (κ3) is 4.40. The van der Waals surface area contributed by atoms with Gasteiger partial charge in [0.1, 0.15) is 17.8 Å². The zero-order valence-corrected chi connectivity index (χ0v) is 13.2. The van der Waals surface area contributed by atoms with Crippen molar-refractivity contribution in [3.05, 3.63) is 47.4 Å². The van der Waals surface area contributed by atoms with Gasteiger partial charge in [0.25, 0.3) is 5.91 Å². The van der Waals surface area contributed by atoms with Crippen LogP contribution < -0.4 is 10.6 Å². The Balaban J connectivity index is 1.62. The highest BCUT2D eigenvalue weighted by atomic mass is 35.5. The van der Waals surface area contributed by atoms with E-state index in [4.69, 9.17) is 16.3 Å². The van der Waals surface area contributed by atoms with Gasteiger partial charge in [-0.15, -0.1) is 0 Å². The average molecular weight is 333 g/mol. The lowest BCUT2D eigenvalue weighted by atomic mass is 10.2.